The molecule has 0 saturated carbocycles. The summed E-state index contributed by atoms with van der Waals surface area (Å²) in [5, 5.41) is 0.193. The number of allylic oxidation sites excluding steroid dienone is 8. The maximum absolute atomic E-state index is 5.57. The van der Waals surface area contributed by atoms with Gasteiger partial charge in [-0.15, -0.1) is 11.4 Å². The second-order valence-electron chi connectivity index (χ2n) is 18.1. The van der Waals surface area contributed by atoms with Crippen LogP contribution < -0.4 is 37.7 Å². The molecule has 2 unspecified atom stereocenters. The summed E-state index contributed by atoms with van der Waals surface area (Å²) in [6.07, 6.45) is 4.97. The van der Waals surface area contributed by atoms with Crippen LogP contribution in [0.2, 0.25) is 36.3 Å². The van der Waals surface area contributed by atoms with Gasteiger partial charge in [-0.3, -0.25) is 0 Å². The van der Waals surface area contributed by atoms with Crippen LogP contribution in [-0.4, -0.2) is 16.5 Å². The molecule has 0 amide bonds. The summed E-state index contributed by atoms with van der Waals surface area (Å²) in [6, 6.07) is 13.5. The van der Waals surface area contributed by atoms with Gasteiger partial charge in [-0.05, 0) is 103 Å². The molecule has 0 bridgehead atoms. The van der Waals surface area contributed by atoms with E-state index in [1.807, 2.05) is 0 Å². The number of hydrogen-bond acceptors (Lipinski definition) is 0. The van der Waals surface area contributed by atoms with E-state index in [1.54, 1.807) is 0 Å². The van der Waals surface area contributed by atoms with E-state index in [2.05, 4.69) is 186 Å². The first kappa shape index (κ1) is 48.6. The molecular weight excluding hydrogens is 651 g/mol. The van der Waals surface area contributed by atoms with Crippen LogP contribution in [0.1, 0.15) is 157 Å². The van der Waals surface area contributed by atoms with Crippen molar-refractivity contribution in [1.29, 1.82) is 0 Å². The van der Waals surface area contributed by atoms with E-state index in [0.29, 0.717) is 23.7 Å². The van der Waals surface area contributed by atoms with Crippen LogP contribution >= 0.6 is 0 Å². The molecule has 0 aromatic heterocycles. The third kappa shape index (κ3) is 9.35. The van der Waals surface area contributed by atoms with Gasteiger partial charge in [-0.1, -0.05) is 189 Å². The molecule has 0 N–H and O–H groups in total. The molecule has 2 aromatic rings. The molecule has 6 heteroatoms. The van der Waals surface area contributed by atoms with Crippen molar-refractivity contribution >= 4 is 27.8 Å². The summed E-state index contributed by atoms with van der Waals surface area (Å²) in [7, 11) is -3.89. The zero-order valence-corrected chi connectivity index (χ0v) is 39.8. The molecule has 4 rings (SSSR count). The Labute approximate surface area is 348 Å². The normalized spacial score (nSPS) is 20.5. The van der Waals surface area contributed by atoms with Crippen LogP contribution in [0, 0.1) is 0 Å². The minimum absolute atomic E-state index is 0. The molecule has 52 heavy (non-hydrogen) atoms. The van der Waals surface area contributed by atoms with Gasteiger partial charge >= 0.3 is 37.7 Å². The Morgan fingerprint density at radius 3 is 0.865 bits per heavy atom. The largest absolute Gasteiger partial charge is 1.00 e. The van der Waals surface area contributed by atoms with Crippen molar-refractivity contribution in [2.45, 2.75) is 171 Å². The Bertz CT molecular complexity index is 1530. The van der Waals surface area contributed by atoms with Gasteiger partial charge in [-0.25, -0.2) is 0 Å². The van der Waals surface area contributed by atoms with Crippen molar-refractivity contribution in [3.05, 3.63) is 114 Å². The van der Waals surface area contributed by atoms with Crippen LogP contribution in [0.4, 0.5) is 11.4 Å². The molecule has 0 radical (unpaired) electrons. The van der Waals surface area contributed by atoms with Crippen molar-refractivity contribution in [2.24, 2.45) is 0 Å². The molecule has 0 fully saturated rings. The van der Waals surface area contributed by atoms with Crippen LogP contribution in [0.15, 0.2) is 82.0 Å². The Hall–Kier alpha value is -1.37. The van der Waals surface area contributed by atoms with Crippen molar-refractivity contribution in [3.8, 4) is 0 Å². The molecule has 2 aliphatic carbocycles. The fraction of sp³-hybridized carbons (Fsp3) is 0.565. The Morgan fingerprint density at radius 2 is 0.692 bits per heavy atom. The van der Waals surface area contributed by atoms with Gasteiger partial charge in [-0.2, -0.15) is 0 Å². The molecular formula is C46H72Li2N2Si2. The number of hydrogen-bond donors (Lipinski definition) is 0. The second kappa shape index (κ2) is 18.1. The zero-order valence-electron chi connectivity index (χ0n) is 37.8. The van der Waals surface area contributed by atoms with E-state index >= 15 is 0 Å². The minimum Gasteiger partial charge on any atom is -0.686 e. The number of nitrogens with zero attached hydrogens (tertiary/aromatic N) is 2. The van der Waals surface area contributed by atoms with E-state index in [0.717, 1.165) is 0 Å². The van der Waals surface area contributed by atoms with Crippen LogP contribution in [-0.2, 0) is 0 Å². The summed E-state index contributed by atoms with van der Waals surface area (Å²) in [4.78, 5) is 11.1. The first-order valence-electron chi connectivity index (χ1n) is 19.3. The van der Waals surface area contributed by atoms with Gasteiger partial charge in [0, 0.05) is 0 Å². The summed E-state index contributed by atoms with van der Waals surface area (Å²) < 4.78 is 0. The molecule has 276 valence electrons. The molecule has 0 saturated heterocycles. The number of benzene rings is 2. The van der Waals surface area contributed by atoms with Crippen molar-refractivity contribution in [2.75, 3.05) is 0 Å². The predicted molar refractivity (Wildman–Crippen MR) is 231 cm³/mol. The SMILES string of the molecule is CC1=CC(C)([Si](C)(C)[N-]c2c(C(C)C)cccc2C(C)C)C(C)=C1C.CC1=CC(C)([Si](C)(C)[N-]c2c(C(C)C)cccc2C(C)C)C(C)=C1C.[Li+].[Li+]. The van der Waals surface area contributed by atoms with Crippen LogP contribution in [0.25, 0.3) is 9.96 Å². The van der Waals surface area contributed by atoms with E-state index in [4.69, 9.17) is 9.96 Å². The maximum atomic E-state index is 5.57. The summed E-state index contributed by atoms with van der Waals surface area (Å²) >= 11 is 0. The van der Waals surface area contributed by atoms with Gasteiger partial charge in [0.1, 0.15) is 0 Å². The van der Waals surface area contributed by atoms with Crippen molar-refractivity contribution in [3.63, 3.8) is 0 Å². The second-order valence-corrected chi connectivity index (χ2v) is 26.9. The van der Waals surface area contributed by atoms with E-state index in [9.17, 15) is 0 Å². The van der Waals surface area contributed by atoms with Crippen LogP contribution in [0.3, 0.4) is 0 Å². The van der Waals surface area contributed by atoms with E-state index < -0.39 is 16.5 Å². The first-order chi connectivity index (χ1) is 22.8. The quantitative estimate of drug-likeness (QED) is 0.219. The zero-order chi connectivity index (χ0) is 38.3. The van der Waals surface area contributed by atoms with Gasteiger partial charge in [0.15, 0.2) is 0 Å². The molecule has 2 nitrogen and oxygen atoms in total. The van der Waals surface area contributed by atoms with E-state index in [-0.39, 0.29) is 47.8 Å². The fourth-order valence-corrected chi connectivity index (χ4v) is 13.5. The Morgan fingerprint density at radius 1 is 0.462 bits per heavy atom. The molecule has 0 aliphatic heterocycles. The minimum atomic E-state index is -1.95. The fourth-order valence-electron chi connectivity index (χ4n) is 8.01. The number of rotatable bonds is 10. The average molecular weight is 723 g/mol. The maximum Gasteiger partial charge on any atom is 1.00 e. The van der Waals surface area contributed by atoms with E-state index in [1.165, 1.54) is 67.1 Å². The first-order valence-corrected chi connectivity index (χ1v) is 25.2. The molecule has 0 heterocycles. The Kier molecular flexibility index (Phi) is 16.9. The van der Waals surface area contributed by atoms with Crippen LogP contribution in [0.5, 0.6) is 0 Å². The molecule has 2 aromatic carbocycles. The third-order valence-electron chi connectivity index (χ3n) is 12.9. The summed E-state index contributed by atoms with van der Waals surface area (Å²) in [5.41, 5.74) is 16.9. The predicted octanol–water partition coefficient (Wildman–Crippen LogP) is 10.4. The summed E-state index contributed by atoms with van der Waals surface area (Å²) in [5.74, 6) is 1.98. The van der Waals surface area contributed by atoms with Gasteiger partial charge in [0.05, 0.1) is 0 Å². The van der Waals surface area contributed by atoms with Gasteiger partial charge in [0.25, 0.3) is 0 Å². The molecule has 2 aliphatic rings. The molecule has 2 atom stereocenters. The third-order valence-corrected chi connectivity index (χ3v) is 20.6. The van der Waals surface area contributed by atoms with Gasteiger partial charge in [0.2, 0.25) is 0 Å². The van der Waals surface area contributed by atoms with Gasteiger partial charge < -0.3 is 9.96 Å². The monoisotopic (exact) mass is 723 g/mol. The Balaban J connectivity index is 0.000000501. The molecule has 0 spiro atoms. The summed E-state index contributed by atoms with van der Waals surface area (Å²) in [6.45, 7) is 46.4. The topological polar surface area (TPSA) is 28.2 Å². The van der Waals surface area contributed by atoms with Crippen molar-refractivity contribution in [1.82, 2.24) is 0 Å². The standard InChI is InChI=1S/2C23H36NSi.2Li/c2*1-15(2)20-12-11-13-21(16(3)4)22(20)24-25(9,10)23(8)14-17(5)18(6)19(23)7;;/h2*11-16H,1-10H3;;/q2*-1;2*+1. The van der Waals surface area contributed by atoms with Crippen molar-refractivity contribution < 1.29 is 37.7 Å². The smallest absolute Gasteiger partial charge is 0.686 e. The average Bonchev–Trinajstić information content (AvgIpc) is 3.35.